The number of ether oxygens (including phenoxy) is 1. The molecule has 7 nitrogen and oxygen atoms in total. The molecule has 27 heavy (non-hydrogen) atoms. The molecular formula is C18H27ClN4O3S. The Morgan fingerprint density at radius 1 is 1.07 bits per heavy atom. The normalized spacial score (nSPS) is 19.3. The van der Waals surface area contributed by atoms with Gasteiger partial charge >= 0.3 is 0 Å². The van der Waals surface area contributed by atoms with Crippen LogP contribution in [0, 0.1) is 0 Å². The number of carbonyl (C=O) groups is 2. The van der Waals surface area contributed by atoms with Crippen LogP contribution in [0.3, 0.4) is 0 Å². The van der Waals surface area contributed by atoms with Gasteiger partial charge in [0.15, 0.2) is 0 Å². The highest BCUT2D eigenvalue weighted by molar-refractivity contribution is 7.16. The van der Waals surface area contributed by atoms with Crippen molar-refractivity contribution in [2.45, 2.75) is 6.54 Å². The summed E-state index contributed by atoms with van der Waals surface area (Å²) in [6, 6.07) is 3.82. The van der Waals surface area contributed by atoms with Crippen molar-refractivity contribution < 1.29 is 14.3 Å². The molecule has 0 spiro atoms. The smallest absolute Gasteiger partial charge is 0.236 e. The van der Waals surface area contributed by atoms with Gasteiger partial charge in [-0.05, 0) is 12.1 Å². The van der Waals surface area contributed by atoms with Crippen LogP contribution in [0.1, 0.15) is 4.88 Å². The van der Waals surface area contributed by atoms with Gasteiger partial charge in [-0.3, -0.25) is 19.4 Å². The Morgan fingerprint density at radius 3 is 2.30 bits per heavy atom. The molecule has 0 atom stereocenters. The second kappa shape index (κ2) is 9.84. The first-order valence-corrected chi connectivity index (χ1v) is 10.5. The number of likely N-dealkylation sites (N-methyl/N-ethyl adjacent to an activating group) is 1. The number of rotatable bonds is 6. The van der Waals surface area contributed by atoms with Gasteiger partial charge < -0.3 is 14.5 Å². The van der Waals surface area contributed by atoms with E-state index in [0.29, 0.717) is 45.9 Å². The zero-order valence-corrected chi connectivity index (χ0v) is 17.3. The summed E-state index contributed by atoms with van der Waals surface area (Å²) in [5.74, 6) is 0.287. The van der Waals surface area contributed by atoms with Gasteiger partial charge in [-0.2, -0.15) is 0 Å². The molecule has 3 heterocycles. The topological polar surface area (TPSA) is 56.3 Å². The van der Waals surface area contributed by atoms with E-state index >= 15 is 0 Å². The predicted molar refractivity (Wildman–Crippen MR) is 106 cm³/mol. The van der Waals surface area contributed by atoms with Crippen LogP contribution in [-0.4, -0.2) is 104 Å². The maximum Gasteiger partial charge on any atom is 0.236 e. The average Bonchev–Trinajstić information content (AvgIpc) is 3.08. The molecular weight excluding hydrogens is 388 g/mol. The van der Waals surface area contributed by atoms with Crippen molar-refractivity contribution in [1.29, 1.82) is 0 Å². The van der Waals surface area contributed by atoms with E-state index in [1.807, 2.05) is 24.1 Å². The van der Waals surface area contributed by atoms with Crippen LogP contribution in [0.2, 0.25) is 4.34 Å². The van der Waals surface area contributed by atoms with Crippen molar-refractivity contribution in [3.05, 3.63) is 21.3 Å². The van der Waals surface area contributed by atoms with Crippen LogP contribution < -0.4 is 0 Å². The summed E-state index contributed by atoms with van der Waals surface area (Å²) in [7, 11) is 1.83. The van der Waals surface area contributed by atoms with Crippen molar-refractivity contribution in [2.75, 3.05) is 72.6 Å². The number of hydrogen-bond donors (Lipinski definition) is 0. The van der Waals surface area contributed by atoms with Gasteiger partial charge in [-0.25, -0.2) is 0 Å². The predicted octanol–water partition coefficient (Wildman–Crippen LogP) is 0.836. The van der Waals surface area contributed by atoms with E-state index in [1.54, 1.807) is 4.90 Å². The molecule has 3 rings (SSSR count). The third-order valence-corrected chi connectivity index (χ3v) is 6.21. The van der Waals surface area contributed by atoms with Crippen molar-refractivity contribution in [3.8, 4) is 0 Å². The maximum atomic E-state index is 12.5. The Morgan fingerprint density at radius 2 is 1.70 bits per heavy atom. The highest BCUT2D eigenvalue weighted by Crippen LogP contribution is 2.22. The Bertz CT molecular complexity index is 642. The summed E-state index contributed by atoms with van der Waals surface area (Å²) in [5, 5.41) is 0. The highest BCUT2D eigenvalue weighted by Gasteiger charge is 2.24. The minimum Gasteiger partial charge on any atom is -0.378 e. The Labute approximate surface area is 169 Å². The van der Waals surface area contributed by atoms with Crippen LogP contribution in [0.15, 0.2) is 12.1 Å². The van der Waals surface area contributed by atoms with Crippen molar-refractivity contribution in [3.63, 3.8) is 0 Å². The molecule has 0 radical (unpaired) electrons. The molecule has 2 saturated heterocycles. The zero-order valence-electron chi connectivity index (χ0n) is 15.7. The fourth-order valence-corrected chi connectivity index (χ4v) is 4.42. The van der Waals surface area contributed by atoms with Gasteiger partial charge in [0.05, 0.1) is 37.2 Å². The van der Waals surface area contributed by atoms with Gasteiger partial charge in [-0.1, -0.05) is 11.6 Å². The number of halogens is 1. The molecule has 0 N–H and O–H groups in total. The van der Waals surface area contributed by atoms with Crippen LogP contribution >= 0.6 is 22.9 Å². The largest absolute Gasteiger partial charge is 0.378 e. The van der Waals surface area contributed by atoms with Crippen molar-refractivity contribution in [1.82, 2.24) is 19.6 Å². The maximum absolute atomic E-state index is 12.5. The van der Waals surface area contributed by atoms with E-state index in [1.165, 1.54) is 11.3 Å². The highest BCUT2D eigenvalue weighted by atomic mass is 35.5. The second-order valence-corrected chi connectivity index (χ2v) is 8.80. The molecule has 150 valence electrons. The van der Waals surface area contributed by atoms with Crippen molar-refractivity contribution in [2.24, 2.45) is 0 Å². The standard InChI is InChI=1S/C18H27ClN4O3S/c1-20(12-15-2-3-16(19)27-15)17(24)13-21-4-6-22(7-5-21)14-18(25)23-8-10-26-11-9-23/h2-3H,4-14H2,1H3. The molecule has 0 aliphatic carbocycles. The SMILES string of the molecule is CN(Cc1ccc(Cl)s1)C(=O)CN1CCN(CC(=O)N2CCOCC2)CC1. The van der Waals surface area contributed by atoms with Crippen LogP contribution in [0.25, 0.3) is 0 Å². The quantitative estimate of drug-likeness (QED) is 0.690. The lowest BCUT2D eigenvalue weighted by Crippen LogP contribution is -2.53. The molecule has 0 saturated carbocycles. The third-order valence-electron chi connectivity index (χ3n) is 4.99. The van der Waals surface area contributed by atoms with Crippen LogP contribution in [0.4, 0.5) is 0 Å². The van der Waals surface area contributed by atoms with Crippen LogP contribution in [0.5, 0.6) is 0 Å². The number of morpholine rings is 1. The van der Waals surface area contributed by atoms with Crippen molar-refractivity contribution >= 4 is 34.8 Å². The van der Waals surface area contributed by atoms with Gasteiger partial charge in [0, 0.05) is 51.2 Å². The summed E-state index contributed by atoms with van der Waals surface area (Å²) in [6.45, 7) is 7.35. The summed E-state index contributed by atoms with van der Waals surface area (Å²) in [5.41, 5.74) is 0. The van der Waals surface area contributed by atoms with E-state index < -0.39 is 0 Å². The fraction of sp³-hybridized carbons (Fsp3) is 0.667. The number of thiophene rings is 1. The van der Waals surface area contributed by atoms with Crippen LogP contribution in [-0.2, 0) is 20.9 Å². The lowest BCUT2D eigenvalue weighted by atomic mass is 10.3. The third kappa shape index (κ3) is 6.15. The number of nitrogens with zero attached hydrogens (tertiary/aromatic N) is 4. The minimum atomic E-state index is 0.109. The molecule has 9 heteroatoms. The van der Waals surface area contributed by atoms with Gasteiger partial charge in [0.2, 0.25) is 11.8 Å². The first-order chi connectivity index (χ1) is 13.0. The molecule has 2 amide bonds. The first kappa shape index (κ1) is 20.5. The summed E-state index contributed by atoms with van der Waals surface area (Å²) < 4.78 is 6.04. The number of piperazine rings is 1. The molecule has 2 aliphatic rings. The van der Waals surface area contributed by atoms with E-state index in [-0.39, 0.29) is 11.8 Å². The summed E-state index contributed by atoms with van der Waals surface area (Å²) >= 11 is 7.45. The molecule has 0 unspecified atom stereocenters. The summed E-state index contributed by atoms with van der Waals surface area (Å²) in [4.78, 5) is 33.8. The van der Waals surface area contributed by atoms with E-state index in [9.17, 15) is 9.59 Å². The van der Waals surface area contributed by atoms with E-state index in [4.69, 9.17) is 16.3 Å². The average molecular weight is 415 g/mol. The lowest BCUT2D eigenvalue weighted by Gasteiger charge is -2.36. The van der Waals surface area contributed by atoms with Gasteiger partial charge in [0.25, 0.3) is 0 Å². The fourth-order valence-electron chi connectivity index (χ4n) is 3.28. The molecule has 2 fully saturated rings. The second-order valence-electron chi connectivity index (χ2n) is 7.00. The first-order valence-electron chi connectivity index (χ1n) is 9.29. The minimum absolute atomic E-state index is 0.109. The van der Waals surface area contributed by atoms with Gasteiger partial charge in [0.1, 0.15) is 0 Å². The van der Waals surface area contributed by atoms with E-state index in [2.05, 4.69) is 9.80 Å². The number of hydrogen-bond acceptors (Lipinski definition) is 6. The van der Waals surface area contributed by atoms with E-state index in [0.717, 1.165) is 35.4 Å². The molecule has 0 aromatic carbocycles. The number of amides is 2. The number of carbonyl (C=O) groups excluding carboxylic acids is 2. The molecule has 1 aromatic rings. The molecule has 0 bridgehead atoms. The Balaban J connectivity index is 1.37. The monoisotopic (exact) mass is 414 g/mol. The molecule has 1 aromatic heterocycles. The molecule has 2 aliphatic heterocycles. The Hall–Kier alpha value is -1.19. The Kier molecular flexibility index (Phi) is 7.49. The zero-order chi connectivity index (χ0) is 19.2. The summed E-state index contributed by atoms with van der Waals surface area (Å²) in [6.07, 6.45) is 0. The van der Waals surface area contributed by atoms with Gasteiger partial charge in [-0.15, -0.1) is 11.3 Å². The lowest BCUT2D eigenvalue weighted by molar-refractivity contribution is -0.137.